The Morgan fingerprint density at radius 2 is 1.84 bits per heavy atom. The Kier molecular flexibility index (Phi) is 4.73. The van der Waals surface area contributed by atoms with E-state index in [2.05, 4.69) is 13.8 Å². The number of ketones is 1. The first-order chi connectivity index (χ1) is 11.6. The standard InChI is InChI=1S/C19H22Cl2N2O2/c1-19(2)9-15-18(16(24)10-19)13(8-17(25)23(15)22(3)4)12-6-5-11(20)7-14(12)21/h5-7,13H,8-10H2,1-4H3/t13-/m1/s1. The summed E-state index contributed by atoms with van der Waals surface area (Å²) >= 11 is 12.4. The SMILES string of the molecule is CN(C)N1C(=O)C[C@H](c2ccc(Cl)cc2Cl)C2=C1CC(C)(C)CC2=O. The van der Waals surface area contributed by atoms with Crippen molar-refractivity contribution in [2.24, 2.45) is 5.41 Å². The third-order valence-corrected chi connectivity index (χ3v) is 5.42. The maximum atomic E-state index is 13.0. The van der Waals surface area contributed by atoms with Crippen molar-refractivity contribution in [3.63, 3.8) is 0 Å². The predicted octanol–water partition coefficient (Wildman–Crippen LogP) is 4.43. The highest BCUT2D eigenvalue weighted by Gasteiger charge is 2.45. The normalized spacial score (nSPS) is 23.3. The number of hydrogen-bond donors (Lipinski definition) is 0. The summed E-state index contributed by atoms with van der Waals surface area (Å²) in [5.74, 6) is -0.237. The fourth-order valence-corrected chi connectivity index (χ4v) is 4.45. The van der Waals surface area contributed by atoms with E-state index in [1.807, 2.05) is 20.2 Å². The van der Waals surface area contributed by atoms with Gasteiger partial charge in [0.2, 0.25) is 5.91 Å². The second-order valence-electron chi connectivity index (χ2n) is 7.78. The summed E-state index contributed by atoms with van der Waals surface area (Å²) in [6, 6.07) is 5.24. The van der Waals surface area contributed by atoms with Crippen LogP contribution in [0.1, 0.15) is 44.6 Å². The first-order valence-corrected chi connectivity index (χ1v) is 9.08. The number of carbonyl (C=O) groups is 2. The molecule has 6 heteroatoms. The molecule has 1 aromatic rings. The molecule has 0 aromatic heterocycles. The largest absolute Gasteiger partial charge is 0.294 e. The third kappa shape index (κ3) is 3.35. The monoisotopic (exact) mass is 380 g/mol. The molecule has 1 atom stereocenters. The molecule has 25 heavy (non-hydrogen) atoms. The predicted molar refractivity (Wildman–Crippen MR) is 99.4 cm³/mol. The Morgan fingerprint density at radius 3 is 2.44 bits per heavy atom. The van der Waals surface area contributed by atoms with Gasteiger partial charge in [0, 0.05) is 54.2 Å². The van der Waals surface area contributed by atoms with Crippen LogP contribution in [-0.4, -0.2) is 35.8 Å². The van der Waals surface area contributed by atoms with Gasteiger partial charge < -0.3 is 0 Å². The number of benzene rings is 1. The van der Waals surface area contributed by atoms with E-state index in [4.69, 9.17) is 23.2 Å². The van der Waals surface area contributed by atoms with Crippen molar-refractivity contribution in [3.05, 3.63) is 45.1 Å². The lowest BCUT2D eigenvalue weighted by Crippen LogP contribution is -2.49. The second-order valence-corrected chi connectivity index (χ2v) is 8.62. The van der Waals surface area contributed by atoms with E-state index in [9.17, 15) is 9.59 Å². The van der Waals surface area contributed by atoms with Crippen molar-refractivity contribution in [2.75, 3.05) is 14.1 Å². The maximum Gasteiger partial charge on any atom is 0.242 e. The van der Waals surface area contributed by atoms with Crippen LogP contribution in [0.4, 0.5) is 0 Å². The van der Waals surface area contributed by atoms with Gasteiger partial charge in [0.05, 0.1) is 0 Å². The minimum atomic E-state index is -0.313. The molecule has 1 aromatic carbocycles. The van der Waals surface area contributed by atoms with Crippen molar-refractivity contribution in [1.82, 2.24) is 10.0 Å². The van der Waals surface area contributed by atoms with Crippen molar-refractivity contribution in [2.45, 2.75) is 39.0 Å². The summed E-state index contributed by atoms with van der Waals surface area (Å²) in [5.41, 5.74) is 2.14. The number of allylic oxidation sites excluding steroid dienone is 2. The molecule has 0 saturated carbocycles. The van der Waals surface area contributed by atoms with Gasteiger partial charge in [-0.25, -0.2) is 10.0 Å². The van der Waals surface area contributed by atoms with Crippen molar-refractivity contribution >= 4 is 34.9 Å². The molecular weight excluding hydrogens is 359 g/mol. The van der Waals surface area contributed by atoms with Gasteiger partial charge in [-0.2, -0.15) is 0 Å². The quantitative estimate of drug-likeness (QED) is 0.761. The number of carbonyl (C=O) groups excluding carboxylic acids is 2. The molecule has 2 aliphatic rings. The highest BCUT2D eigenvalue weighted by Crippen LogP contribution is 2.48. The minimum Gasteiger partial charge on any atom is -0.294 e. The van der Waals surface area contributed by atoms with Crippen molar-refractivity contribution in [1.29, 1.82) is 0 Å². The smallest absolute Gasteiger partial charge is 0.242 e. The molecule has 3 rings (SSSR count). The van der Waals surface area contributed by atoms with Gasteiger partial charge in [-0.3, -0.25) is 9.59 Å². The summed E-state index contributed by atoms with van der Waals surface area (Å²) in [6.45, 7) is 4.12. The van der Waals surface area contributed by atoms with Crippen LogP contribution in [0.5, 0.6) is 0 Å². The number of Topliss-reactive ketones (excluding diaryl/α,β-unsaturated/α-hetero) is 1. The van der Waals surface area contributed by atoms with E-state index in [1.165, 1.54) is 0 Å². The van der Waals surface area contributed by atoms with Crippen molar-refractivity contribution < 1.29 is 9.59 Å². The molecule has 0 N–H and O–H groups in total. The van der Waals surface area contributed by atoms with Gasteiger partial charge in [0.25, 0.3) is 0 Å². The Hall–Kier alpha value is -1.36. The van der Waals surface area contributed by atoms with Gasteiger partial charge in [0.1, 0.15) is 0 Å². The molecule has 4 nitrogen and oxygen atoms in total. The average molecular weight is 381 g/mol. The molecule has 1 amide bonds. The summed E-state index contributed by atoms with van der Waals surface area (Å²) in [5, 5.41) is 4.43. The molecule has 0 spiro atoms. The Bertz CT molecular complexity index is 784. The lowest BCUT2D eigenvalue weighted by molar-refractivity contribution is -0.143. The maximum absolute atomic E-state index is 13.0. The van der Waals surface area contributed by atoms with Crippen LogP contribution in [0.25, 0.3) is 0 Å². The van der Waals surface area contributed by atoms with E-state index >= 15 is 0 Å². The summed E-state index contributed by atoms with van der Waals surface area (Å²) in [6.07, 6.45) is 1.38. The summed E-state index contributed by atoms with van der Waals surface area (Å²) in [7, 11) is 3.65. The number of hydrazine groups is 1. The first kappa shape index (κ1) is 18.4. The van der Waals surface area contributed by atoms with Crippen LogP contribution in [-0.2, 0) is 9.59 Å². The van der Waals surface area contributed by atoms with E-state index in [-0.39, 0.29) is 29.4 Å². The van der Waals surface area contributed by atoms with Gasteiger partial charge in [-0.05, 0) is 29.5 Å². The zero-order valence-electron chi connectivity index (χ0n) is 14.9. The molecule has 1 aliphatic carbocycles. The summed E-state index contributed by atoms with van der Waals surface area (Å²) in [4.78, 5) is 25.8. The van der Waals surface area contributed by atoms with Gasteiger partial charge >= 0.3 is 0 Å². The fraction of sp³-hybridized carbons (Fsp3) is 0.474. The molecule has 0 unspecified atom stereocenters. The van der Waals surface area contributed by atoms with Crippen LogP contribution in [0.3, 0.4) is 0 Å². The lowest BCUT2D eigenvalue weighted by Gasteiger charge is -2.44. The minimum absolute atomic E-state index is 0.0229. The topological polar surface area (TPSA) is 40.6 Å². The Labute approximate surface area is 158 Å². The van der Waals surface area contributed by atoms with Crippen molar-refractivity contribution in [3.8, 4) is 0 Å². The molecular formula is C19H22Cl2N2O2. The zero-order chi connectivity index (χ0) is 18.5. The third-order valence-electron chi connectivity index (χ3n) is 4.85. The number of rotatable bonds is 2. The number of nitrogens with zero attached hydrogens (tertiary/aromatic N) is 2. The zero-order valence-corrected chi connectivity index (χ0v) is 16.4. The van der Waals surface area contributed by atoms with E-state index in [1.54, 1.807) is 22.2 Å². The Morgan fingerprint density at radius 1 is 1.16 bits per heavy atom. The van der Waals surface area contributed by atoms with Crippen LogP contribution >= 0.6 is 23.2 Å². The molecule has 0 radical (unpaired) electrons. The molecule has 0 saturated heterocycles. The second kappa shape index (κ2) is 6.42. The highest BCUT2D eigenvalue weighted by molar-refractivity contribution is 6.35. The van der Waals surface area contributed by atoms with E-state index < -0.39 is 0 Å². The molecule has 0 fully saturated rings. The van der Waals surface area contributed by atoms with E-state index in [0.29, 0.717) is 22.9 Å². The van der Waals surface area contributed by atoms with Crippen LogP contribution in [0.2, 0.25) is 10.0 Å². The lowest BCUT2D eigenvalue weighted by atomic mass is 9.69. The fourth-order valence-electron chi connectivity index (χ4n) is 3.91. The summed E-state index contributed by atoms with van der Waals surface area (Å²) < 4.78 is 0. The molecule has 0 bridgehead atoms. The molecule has 134 valence electrons. The Balaban J connectivity index is 2.19. The highest BCUT2D eigenvalue weighted by atomic mass is 35.5. The average Bonchev–Trinajstić information content (AvgIpc) is 2.44. The van der Waals surface area contributed by atoms with Gasteiger partial charge in [-0.15, -0.1) is 0 Å². The molecule has 1 aliphatic heterocycles. The van der Waals surface area contributed by atoms with Gasteiger partial charge in [-0.1, -0.05) is 43.1 Å². The number of hydrogen-bond acceptors (Lipinski definition) is 3. The molecule has 1 heterocycles. The van der Waals surface area contributed by atoms with Crippen LogP contribution in [0.15, 0.2) is 29.5 Å². The number of amides is 1. The van der Waals surface area contributed by atoms with Crippen LogP contribution in [0, 0.1) is 5.41 Å². The van der Waals surface area contributed by atoms with Gasteiger partial charge in [0.15, 0.2) is 5.78 Å². The number of halogens is 2. The van der Waals surface area contributed by atoms with E-state index in [0.717, 1.165) is 16.8 Å². The van der Waals surface area contributed by atoms with Crippen LogP contribution < -0.4 is 0 Å². The first-order valence-electron chi connectivity index (χ1n) is 8.32.